The predicted molar refractivity (Wildman–Crippen MR) is 135 cm³/mol. The average Bonchev–Trinajstić information content (AvgIpc) is 2.85. The highest BCUT2D eigenvalue weighted by Gasteiger charge is 2.13. The first-order chi connectivity index (χ1) is 17.0. The minimum Gasteiger partial charge on any atom is -0.493 e. The molecule has 0 bridgehead atoms. The van der Waals surface area contributed by atoms with Gasteiger partial charge in [-0.2, -0.15) is 0 Å². The van der Waals surface area contributed by atoms with Crippen LogP contribution in [-0.4, -0.2) is 48.7 Å². The van der Waals surface area contributed by atoms with Crippen LogP contribution in [0.2, 0.25) is 0 Å². The van der Waals surface area contributed by atoms with E-state index >= 15 is 0 Å². The van der Waals surface area contributed by atoms with Gasteiger partial charge in [0, 0.05) is 20.2 Å². The average molecular weight is 474 g/mol. The Morgan fingerprint density at radius 1 is 1.00 bits per heavy atom. The first-order valence-corrected chi connectivity index (χ1v) is 11.1. The highest BCUT2D eigenvalue weighted by atomic mass is 16.5. The van der Waals surface area contributed by atoms with Gasteiger partial charge in [-0.1, -0.05) is 12.1 Å². The molecule has 4 aromatic rings. The number of fused-ring (bicyclic) bond motifs is 1. The summed E-state index contributed by atoms with van der Waals surface area (Å²) in [7, 11) is 5.45. The number of carbonyl (C=O) groups is 1. The van der Waals surface area contributed by atoms with E-state index in [2.05, 4.69) is 20.3 Å². The minimum atomic E-state index is -0.150. The molecule has 9 nitrogen and oxygen atoms in total. The second-order valence-electron chi connectivity index (χ2n) is 7.90. The van der Waals surface area contributed by atoms with Gasteiger partial charge in [0.2, 0.25) is 11.8 Å². The third kappa shape index (κ3) is 5.75. The third-order valence-corrected chi connectivity index (χ3v) is 5.22. The molecule has 0 fully saturated rings. The van der Waals surface area contributed by atoms with Crippen LogP contribution in [0.25, 0.3) is 10.9 Å². The molecule has 180 valence electrons. The molecule has 2 heterocycles. The van der Waals surface area contributed by atoms with Crippen molar-refractivity contribution < 1.29 is 19.0 Å². The summed E-state index contributed by atoms with van der Waals surface area (Å²) in [5, 5.41) is 3.51. The second-order valence-corrected chi connectivity index (χ2v) is 7.90. The zero-order valence-electron chi connectivity index (χ0n) is 20.1. The number of hydrogen-bond acceptors (Lipinski definition) is 8. The van der Waals surface area contributed by atoms with Crippen LogP contribution in [0.15, 0.2) is 61.1 Å². The van der Waals surface area contributed by atoms with Crippen LogP contribution in [0.1, 0.15) is 12.5 Å². The van der Waals surface area contributed by atoms with Crippen LogP contribution in [0.5, 0.6) is 23.1 Å². The zero-order chi connectivity index (χ0) is 24.8. The largest absolute Gasteiger partial charge is 0.493 e. The Kier molecular flexibility index (Phi) is 7.25. The van der Waals surface area contributed by atoms with Gasteiger partial charge in [-0.3, -0.25) is 4.79 Å². The summed E-state index contributed by atoms with van der Waals surface area (Å²) in [6, 6.07) is 14.6. The summed E-state index contributed by atoms with van der Waals surface area (Å²) in [4.78, 5) is 27.2. The molecule has 0 atom stereocenters. The van der Waals surface area contributed by atoms with Crippen molar-refractivity contribution in [2.75, 3.05) is 38.0 Å². The van der Waals surface area contributed by atoms with Crippen LogP contribution >= 0.6 is 0 Å². The van der Waals surface area contributed by atoms with Crippen LogP contribution in [-0.2, 0) is 11.2 Å². The minimum absolute atomic E-state index is 0.150. The standard InChI is InChI=1S/C26H27N5O4/c1-5-34-23-14-21-20(13-22(23)33-4)26(29-16-28-21)35-19-9-6-17(7-10-19)12-25(32)30-24-11-8-18(15-27-24)31(2)3/h6-11,13-16H,5,12H2,1-4H3,(H,27,30,32). The first-order valence-electron chi connectivity index (χ1n) is 11.1. The Hall–Kier alpha value is -4.40. The lowest BCUT2D eigenvalue weighted by molar-refractivity contribution is -0.115. The van der Waals surface area contributed by atoms with Gasteiger partial charge < -0.3 is 24.4 Å². The van der Waals surface area contributed by atoms with Crippen molar-refractivity contribution in [1.82, 2.24) is 15.0 Å². The number of methoxy groups -OCH3 is 1. The number of aromatic nitrogens is 3. The van der Waals surface area contributed by atoms with E-state index in [0.717, 1.165) is 11.3 Å². The first kappa shape index (κ1) is 23.7. The fourth-order valence-electron chi connectivity index (χ4n) is 3.43. The lowest BCUT2D eigenvalue weighted by Gasteiger charge is -2.13. The Labute approximate surface area is 203 Å². The highest BCUT2D eigenvalue weighted by Crippen LogP contribution is 2.36. The molecular formula is C26H27N5O4. The molecule has 2 aromatic carbocycles. The Balaban J connectivity index is 1.44. The predicted octanol–water partition coefficient (Wildman–Crippen LogP) is 4.47. The fraction of sp³-hybridized carbons (Fsp3) is 0.231. The van der Waals surface area contributed by atoms with E-state index in [-0.39, 0.29) is 12.3 Å². The molecule has 1 N–H and O–H groups in total. The molecule has 35 heavy (non-hydrogen) atoms. The van der Waals surface area contributed by atoms with Gasteiger partial charge in [0.15, 0.2) is 11.5 Å². The van der Waals surface area contributed by atoms with E-state index in [1.54, 1.807) is 43.6 Å². The summed E-state index contributed by atoms with van der Waals surface area (Å²) in [6.45, 7) is 2.42. The van der Waals surface area contributed by atoms with E-state index < -0.39 is 0 Å². The number of amides is 1. The van der Waals surface area contributed by atoms with Crippen molar-refractivity contribution in [2.45, 2.75) is 13.3 Å². The molecule has 0 radical (unpaired) electrons. The number of benzene rings is 2. The Bertz CT molecular complexity index is 1310. The van der Waals surface area contributed by atoms with Gasteiger partial charge in [0.25, 0.3) is 0 Å². The van der Waals surface area contributed by atoms with E-state index in [1.807, 2.05) is 44.1 Å². The van der Waals surface area contributed by atoms with E-state index in [1.165, 1.54) is 6.33 Å². The quantitative estimate of drug-likeness (QED) is 0.380. The maximum atomic E-state index is 12.4. The number of nitrogens with zero attached hydrogens (tertiary/aromatic N) is 4. The van der Waals surface area contributed by atoms with Gasteiger partial charge in [-0.15, -0.1) is 0 Å². The molecule has 0 aliphatic carbocycles. The smallest absolute Gasteiger partial charge is 0.230 e. The van der Waals surface area contributed by atoms with Gasteiger partial charge >= 0.3 is 0 Å². The molecule has 1 amide bonds. The van der Waals surface area contributed by atoms with E-state index in [4.69, 9.17) is 14.2 Å². The second kappa shape index (κ2) is 10.7. The van der Waals surface area contributed by atoms with E-state index in [9.17, 15) is 4.79 Å². The summed E-state index contributed by atoms with van der Waals surface area (Å²) < 4.78 is 17.1. The maximum absolute atomic E-state index is 12.4. The van der Waals surface area contributed by atoms with Gasteiger partial charge in [-0.25, -0.2) is 15.0 Å². The molecule has 2 aromatic heterocycles. The van der Waals surface area contributed by atoms with Crippen LogP contribution < -0.4 is 24.4 Å². The number of anilines is 2. The molecule has 0 aliphatic heterocycles. The SMILES string of the molecule is CCOc1cc2ncnc(Oc3ccc(CC(=O)Nc4ccc(N(C)C)cn4)cc3)c2cc1OC. The third-order valence-electron chi connectivity index (χ3n) is 5.22. The van der Waals surface area contributed by atoms with Crippen molar-refractivity contribution >= 4 is 28.3 Å². The lowest BCUT2D eigenvalue weighted by atomic mass is 10.1. The zero-order valence-corrected chi connectivity index (χ0v) is 20.1. The number of pyridine rings is 1. The number of ether oxygens (including phenoxy) is 3. The fourth-order valence-corrected chi connectivity index (χ4v) is 3.43. The van der Waals surface area contributed by atoms with Crippen molar-refractivity contribution in [3.63, 3.8) is 0 Å². The normalized spacial score (nSPS) is 10.6. The molecule has 0 saturated heterocycles. The van der Waals surface area contributed by atoms with Gasteiger partial charge in [0.05, 0.1) is 42.9 Å². The molecule has 4 rings (SSSR count). The Morgan fingerprint density at radius 2 is 1.80 bits per heavy atom. The van der Waals surface area contributed by atoms with Crippen molar-refractivity contribution in [3.8, 4) is 23.1 Å². The van der Waals surface area contributed by atoms with Crippen molar-refractivity contribution in [1.29, 1.82) is 0 Å². The topological polar surface area (TPSA) is 98.7 Å². The number of carbonyl (C=O) groups excluding carboxylic acids is 1. The highest BCUT2D eigenvalue weighted by molar-refractivity contribution is 5.91. The number of rotatable bonds is 9. The molecule has 0 aliphatic rings. The molecule has 0 saturated carbocycles. The van der Waals surface area contributed by atoms with Crippen molar-refractivity contribution in [2.24, 2.45) is 0 Å². The van der Waals surface area contributed by atoms with E-state index in [0.29, 0.717) is 46.5 Å². The monoisotopic (exact) mass is 473 g/mol. The molecule has 0 unspecified atom stereocenters. The lowest BCUT2D eigenvalue weighted by Crippen LogP contribution is -2.15. The summed E-state index contributed by atoms with van der Waals surface area (Å²) >= 11 is 0. The number of nitrogens with one attached hydrogen (secondary N) is 1. The number of hydrogen-bond donors (Lipinski definition) is 1. The molecular weight excluding hydrogens is 446 g/mol. The van der Waals surface area contributed by atoms with Crippen LogP contribution in [0.4, 0.5) is 11.5 Å². The van der Waals surface area contributed by atoms with Gasteiger partial charge in [0.1, 0.15) is 17.9 Å². The van der Waals surface area contributed by atoms with Crippen LogP contribution in [0, 0.1) is 0 Å². The summed E-state index contributed by atoms with van der Waals surface area (Å²) in [5.41, 5.74) is 2.48. The maximum Gasteiger partial charge on any atom is 0.230 e. The summed E-state index contributed by atoms with van der Waals surface area (Å²) in [6.07, 6.45) is 3.37. The van der Waals surface area contributed by atoms with Gasteiger partial charge in [-0.05, 0) is 42.8 Å². The summed E-state index contributed by atoms with van der Waals surface area (Å²) in [5.74, 6) is 2.53. The van der Waals surface area contributed by atoms with Crippen molar-refractivity contribution in [3.05, 3.63) is 66.6 Å². The van der Waals surface area contributed by atoms with Crippen LogP contribution in [0.3, 0.4) is 0 Å². The molecule has 0 spiro atoms. The Morgan fingerprint density at radius 3 is 2.46 bits per heavy atom. The molecule has 9 heteroatoms.